The zero-order chi connectivity index (χ0) is 12.8. The van der Waals surface area contributed by atoms with Gasteiger partial charge in [0.25, 0.3) is 0 Å². The molecule has 3 heteroatoms. The molecule has 0 aliphatic carbocycles. The van der Waals surface area contributed by atoms with Gasteiger partial charge in [0.05, 0.1) is 6.61 Å². The van der Waals surface area contributed by atoms with Crippen LogP contribution in [0.4, 0.5) is 0 Å². The number of benzene rings is 1. The van der Waals surface area contributed by atoms with Crippen molar-refractivity contribution in [2.24, 2.45) is 11.7 Å². The van der Waals surface area contributed by atoms with Crippen LogP contribution >= 0.6 is 12.2 Å². The van der Waals surface area contributed by atoms with Gasteiger partial charge in [-0.2, -0.15) is 0 Å². The van der Waals surface area contributed by atoms with Crippen LogP contribution in [0.3, 0.4) is 0 Å². The second kappa shape index (κ2) is 6.60. The first-order chi connectivity index (χ1) is 8.00. The smallest absolute Gasteiger partial charge is 0.119 e. The van der Waals surface area contributed by atoms with E-state index in [-0.39, 0.29) is 0 Å². The van der Waals surface area contributed by atoms with Gasteiger partial charge in [0, 0.05) is 5.56 Å². The molecule has 0 saturated heterocycles. The highest BCUT2D eigenvalue weighted by atomic mass is 32.1. The van der Waals surface area contributed by atoms with E-state index in [1.165, 1.54) is 6.42 Å². The average Bonchev–Trinajstić information content (AvgIpc) is 2.23. The maximum absolute atomic E-state index is 5.69. The first kappa shape index (κ1) is 14.0. The van der Waals surface area contributed by atoms with E-state index < -0.39 is 0 Å². The van der Waals surface area contributed by atoms with Crippen molar-refractivity contribution in [3.05, 3.63) is 29.3 Å². The molecule has 1 aromatic rings. The fraction of sp³-hybridized carbons (Fsp3) is 0.500. The van der Waals surface area contributed by atoms with Crippen LogP contribution in [0, 0.1) is 12.8 Å². The third kappa shape index (κ3) is 4.73. The molecule has 0 saturated carbocycles. The Kier molecular flexibility index (Phi) is 5.42. The summed E-state index contributed by atoms with van der Waals surface area (Å²) >= 11 is 4.96. The second-order valence-corrected chi connectivity index (χ2v) is 5.17. The van der Waals surface area contributed by atoms with E-state index in [1.807, 2.05) is 25.1 Å². The minimum Gasteiger partial charge on any atom is -0.494 e. The van der Waals surface area contributed by atoms with Crippen LogP contribution in [-0.4, -0.2) is 11.6 Å². The number of nitrogens with two attached hydrogens (primary N) is 1. The minimum atomic E-state index is 0.439. The summed E-state index contributed by atoms with van der Waals surface area (Å²) in [4.78, 5) is 0.439. The van der Waals surface area contributed by atoms with Crippen molar-refractivity contribution in [3.8, 4) is 5.75 Å². The van der Waals surface area contributed by atoms with E-state index >= 15 is 0 Å². The molecule has 0 unspecified atom stereocenters. The van der Waals surface area contributed by atoms with Crippen molar-refractivity contribution in [2.75, 3.05) is 6.61 Å². The normalized spacial score (nSPS) is 10.6. The Hall–Kier alpha value is -1.09. The van der Waals surface area contributed by atoms with Crippen LogP contribution in [0.5, 0.6) is 5.75 Å². The maximum atomic E-state index is 5.69. The second-order valence-electron chi connectivity index (χ2n) is 4.73. The Bertz CT molecular complexity index is 388. The van der Waals surface area contributed by atoms with Gasteiger partial charge in [-0.3, -0.25) is 0 Å². The molecule has 0 aromatic heterocycles. The van der Waals surface area contributed by atoms with Gasteiger partial charge >= 0.3 is 0 Å². The summed E-state index contributed by atoms with van der Waals surface area (Å²) in [6.07, 6.45) is 2.29. The van der Waals surface area contributed by atoms with Crippen molar-refractivity contribution in [3.63, 3.8) is 0 Å². The largest absolute Gasteiger partial charge is 0.494 e. The summed E-state index contributed by atoms with van der Waals surface area (Å²) in [6, 6.07) is 5.84. The lowest BCUT2D eigenvalue weighted by Crippen LogP contribution is -2.11. The number of rotatable bonds is 6. The third-order valence-corrected chi connectivity index (χ3v) is 2.88. The molecule has 1 rings (SSSR count). The molecule has 0 aliphatic rings. The number of aryl methyl sites for hydroxylation is 1. The fourth-order valence-corrected chi connectivity index (χ4v) is 1.91. The van der Waals surface area contributed by atoms with Crippen LogP contribution in [-0.2, 0) is 0 Å². The lowest BCUT2D eigenvalue weighted by Gasteiger charge is -2.10. The predicted molar refractivity (Wildman–Crippen MR) is 76.6 cm³/mol. The molecule has 17 heavy (non-hydrogen) atoms. The van der Waals surface area contributed by atoms with Gasteiger partial charge in [-0.1, -0.05) is 26.1 Å². The molecule has 0 amide bonds. The van der Waals surface area contributed by atoms with Crippen molar-refractivity contribution < 1.29 is 4.74 Å². The van der Waals surface area contributed by atoms with E-state index in [9.17, 15) is 0 Å². The molecule has 0 fully saturated rings. The van der Waals surface area contributed by atoms with Gasteiger partial charge in [-0.05, 0) is 49.4 Å². The molecular formula is C14H21NOS. The van der Waals surface area contributed by atoms with E-state index in [2.05, 4.69) is 13.8 Å². The Balaban J connectivity index is 2.50. The highest BCUT2D eigenvalue weighted by Gasteiger charge is 2.03. The van der Waals surface area contributed by atoms with E-state index in [1.54, 1.807) is 0 Å². The van der Waals surface area contributed by atoms with Gasteiger partial charge in [0.15, 0.2) is 0 Å². The minimum absolute atomic E-state index is 0.439. The molecule has 0 atom stereocenters. The van der Waals surface area contributed by atoms with Crippen molar-refractivity contribution in [2.45, 2.75) is 33.6 Å². The molecule has 0 spiro atoms. The topological polar surface area (TPSA) is 35.2 Å². The Morgan fingerprint density at radius 1 is 1.41 bits per heavy atom. The summed E-state index contributed by atoms with van der Waals surface area (Å²) in [6.45, 7) is 7.21. The van der Waals surface area contributed by atoms with Gasteiger partial charge in [-0.15, -0.1) is 0 Å². The van der Waals surface area contributed by atoms with Gasteiger partial charge in [0.2, 0.25) is 0 Å². The first-order valence-electron chi connectivity index (χ1n) is 6.04. The van der Waals surface area contributed by atoms with Gasteiger partial charge in [-0.25, -0.2) is 0 Å². The molecule has 0 radical (unpaired) electrons. The first-order valence-corrected chi connectivity index (χ1v) is 6.44. The molecule has 0 aliphatic heterocycles. The molecule has 94 valence electrons. The van der Waals surface area contributed by atoms with Crippen molar-refractivity contribution >= 4 is 17.2 Å². The number of thiocarbonyl (C=S) groups is 1. The van der Waals surface area contributed by atoms with Gasteiger partial charge in [0.1, 0.15) is 10.7 Å². The van der Waals surface area contributed by atoms with Crippen LogP contribution in [0.2, 0.25) is 0 Å². The molecule has 0 heterocycles. The van der Waals surface area contributed by atoms with Crippen molar-refractivity contribution in [1.29, 1.82) is 0 Å². The number of hydrogen-bond acceptors (Lipinski definition) is 2. The standard InChI is InChI=1S/C14H21NOS/c1-10(2)5-4-8-16-12-6-7-13(14(15)17)11(3)9-12/h6-7,9-10H,4-5,8H2,1-3H3,(H2,15,17). The number of hydrogen-bond donors (Lipinski definition) is 1. The van der Waals surface area contributed by atoms with E-state index in [4.69, 9.17) is 22.7 Å². The predicted octanol–water partition coefficient (Wildman–Crippen LogP) is 3.44. The zero-order valence-corrected chi connectivity index (χ0v) is 11.6. The molecular weight excluding hydrogens is 230 g/mol. The molecule has 1 aromatic carbocycles. The highest BCUT2D eigenvalue weighted by Crippen LogP contribution is 2.17. The SMILES string of the molecule is Cc1cc(OCCCC(C)C)ccc1C(N)=S. The molecule has 0 bridgehead atoms. The molecule has 2 N–H and O–H groups in total. The van der Waals surface area contributed by atoms with E-state index in [0.717, 1.165) is 35.8 Å². The quantitative estimate of drug-likeness (QED) is 0.621. The summed E-state index contributed by atoms with van der Waals surface area (Å²) in [5.41, 5.74) is 7.60. The van der Waals surface area contributed by atoms with E-state index in [0.29, 0.717) is 4.99 Å². The highest BCUT2D eigenvalue weighted by molar-refractivity contribution is 7.80. The lowest BCUT2D eigenvalue weighted by atomic mass is 10.1. The monoisotopic (exact) mass is 251 g/mol. The van der Waals surface area contributed by atoms with Crippen LogP contribution in [0.25, 0.3) is 0 Å². The third-order valence-electron chi connectivity index (χ3n) is 2.66. The zero-order valence-electron chi connectivity index (χ0n) is 10.8. The summed E-state index contributed by atoms with van der Waals surface area (Å²) < 4.78 is 5.69. The van der Waals surface area contributed by atoms with Crippen LogP contribution < -0.4 is 10.5 Å². The fourth-order valence-electron chi connectivity index (χ4n) is 1.68. The maximum Gasteiger partial charge on any atom is 0.119 e. The summed E-state index contributed by atoms with van der Waals surface area (Å²) in [5, 5.41) is 0. The van der Waals surface area contributed by atoms with Crippen molar-refractivity contribution in [1.82, 2.24) is 0 Å². The Morgan fingerprint density at radius 2 is 2.12 bits per heavy atom. The summed E-state index contributed by atoms with van der Waals surface area (Å²) in [5.74, 6) is 1.63. The Labute approximate surface area is 109 Å². The van der Waals surface area contributed by atoms with Gasteiger partial charge < -0.3 is 10.5 Å². The average molecular weight is 251 g/mol. The Morgan fingerprint density at radius 3 is 2.65 bits per heavy atom. The lowest BCUT2D eigenvalue weighted by molar-refractivity contribution is 0.297. The van der Waals surface area contributed by atoms with Crippen LogP contribution in [0.15, 0.2) is 18.2 Å². The number of ether oxygens (including phenoxy) is 1. The van der Waals surface area contributed by atoms with Crippen LogP contribution in [0.1, 0.15) is 37.8 Å². The summed E-state index contributed by atoms with van der Waals surface area (Å²) in [7, 11) is 0. The molecule has 2 nitrogen and oxygen atoms in total.